The van der Waals surface area contributed by atoms with Crippen LogP contribution in [0, 0.1) is 0 Å². The number of hydrogen-bond donors (Lipinski definition) is 0. The molecule has 0 amide bonds. The normalized spacial score (nSPS) is 13.6. The Bertz CT molecular complexity index is 445. The molecule has 1 aromatic carbocycles. The molecule has 0 radical (unpaired) electrons. The van der Waals surface area contributed by atoms with E-state index in [4.69, 9.17) is 9.47 Å². The summed E-state index contributed by atoms with van der Waals surface area (Å²) in [4.78, 5) is 10.8. The molecule has 2 unspecified atom stereocenters. The van der Waals surface area contributed by atoms with Crippen molar-refractivity contribution in [2.24, 2.45) is 0 Å². The lowest BCUT2D eigenvalue weighted by Gasteiger charge is -2.15. The molecule has 0 heterocycles. The zero-order valence-electron chi connectivity index (χ0n) is 11.6. The van der Waals surface area contributed by atoms with Crippen LogP contribution in [0.1, 0.15) is 27.2 Å². The van der Waals surface area contributed by atoms with Gasteiger partial charge in [-0.2, -0.15) is 0 Å². The Morgan fingerprint density at radius 1 is 1.37 bits per heavy atom. The fourth-order valence-electron chi connectivity index (χ4n) is 1.59. The van der Waals surface area contributed by atoms with Crippen LogP contribution in [0.15, 0.2) is 24.3 Å². The monoisotopic (exact) mass is 284 g/mol. The van der Waals surface area contributed by atoms with Gasteiger partial charge in [-0.05, 0) is 18.6 Å². The lowest BCUT2D eigenvalue weighted by molar-refractivity contribution is -0.140. The number of hydrogen-bond acceptors (Lipinski definition) is 4. The van der Waals surface area contributed by atoms with E-state index >= 15 is 0 Å². The Balaban J connectivity index is 2.77. The highest BCUT2D eigenvalue weighted by Crippen LogP contribution is 2.31. The fourth-order valence-corrected chi connectivity index (χ4v) is 3.02. The predicted molar refractivity (Wildman–Crippen MR) is 77.0 cm³/mol. The van der Waals surface area contributed by atoms with E-state index in [1.165, 1.54) is 6.92 Å². The zero-order chi connectivity index (χ0) is 14.3. The largest absolute Gasteiger partial charge is 0.493 e. The molecule has 0 spiro atoms. The van der Waals surface area contributed by atoms with Crippen LogP contribution >= 0.6 is 7.80 Å². The van der Waals surface area contributed by atoms with Crippen LogP contribution in [0.2, 0.25) is 0 Å². The van der Waals surface area contributed by atoms with Crippen LogP contribution in [-0.2, 0) is 14.1 Å². The minimum Gasteiger partial charge on any atom is -0.493 e. The molecule has 0 saturated carbocycles. The van der Waals surface area contributed by atoms with Crippen LogP contribution in [0.25, 0.3) is 0 Å². The molecule has 0 N–H and O–H groups in total. The van der Waals surface area contributed by atoms with Crippen molar-refractivity contribution in [3.8, 4) is 5.75 Å². The first kappa shape index (κ1) is 15.8. The summed E-state index contributed by atoms with van der Waals surface area (Å²) < 4.78 is 23.0. The number of carbonyl (C=O) groups excluding carboxylic acids is 1. The van der Waals surface area contributed by atoms with Crippen LogP contribution < -0.4 is 10.0 Å². The molecule has 0 aliphatic heterocycles. The highest BCUT2D eigenvalue weighted by atomic mass is 31.1. The highest BCUT2D eigenvalue weighted by molar-refractivity contribution is 7.54. The van der Waals surface area contributed by atoms with Gasteiger partial charge < -0.3 is 14.0 Å². The van der Waals surface area contributed by atoms with Gasteiger partial charge >= 0.3 is 5.97 Å². The third-order valence-corrected chi connectivity index (χ3v) is 4.60. The van der Waals surface area contributed by atoms with E-state index in [1.54, 1.807) is 0 Å². The molecule has 0 aliphatic rings. The molecule has 0 fully saturated rings. The molecule has 1 rings (SSSR count). The van der Waals surface area contributed by atoms with Crippen molar-refractivity contribution in [3.63, 3.8) is 0 Å². The molecule has 106 valence electrons. The average Bonchev–Trinajstić information content (AvgIpc) is 2.42. The van der Waals surface area contributed by atoms with Crippen molar-refractivity contribution in [1.82, 2.24) is 0 Å². The van der Waals surface area contributed by atoms with Crippen molar-refractivity contribution in [3.05, 3.63) is 24.3 Å². The van der Waals surface area contributed by atoms with Gasteiger partial charge in [-0.25, -0.2) is 0 Å². The molecule has 5 heteroatoms. The number of rotatable bonds is 7. The van der Waals surface area contributed by atoms with E-state index in [9.17, 15) is 9.36 Å². The Kier molecular flexibility index (Phi) is 6.65. The minimum absolute atomic E-state index is 0.176. The van der Waals surface area contributed by atoms with Gasteiger partial charge in [0.25, 0.3) is 0 Å². The third kappa shape index (κ3) is 5.07. The summed E-state index contributed by atoms with van der Waals surface area (Å²) >= 11 is 0. The second kappa shape index (κ2) is 8.00. The molecule has 4 nitrogen and oxygen atoms in total. The van der Waals surface area contributed by atoms with Gasteiger partial charge in [0.15, 0.2) is 0 Å². The first-order valence-corrected chi connectivity index (χ1v) is 7.94. The molecule has 2 atom stereocenters. The molecule has 0 saturated heterocycles. The quantitative estimate of drug-likeness (QED) is 0.570. The van der Waals surface area contributed by atoms with Crippen molar-refractivity contribution in [2.75, 3.05) is 13.2 Å². The van der Waals surface area contributed by atoms with Gasteiger partial charge in [0.1, 0.15) is 20.2 Å². The van der Waals surface area contributed by atoms with Gasteiger partial charge in [-0.1, -0.05) is 26.0 Å². The van der Waals surface area contributed by atoms with Gasteiger partial charge in [-0.15, -0.1) is 0 Å². The molecule has 0 aromatic heterocycles. The lowest BCUT2D eigenvalue weighted by Crippen LogP contribution is -2.16. The summed E-state index contributed by atoms with van der Waals surface area (Å²) in [7, 11) is -2.05. The summed E-state index contributed by atoms with van der Waals surface area (Å²) in [6.45, 7) is 5.97. The topological polar surface area (TPSA) is 52.6 Å². The van der Waals surface area contributed by atoms with E-state index in [0.29, 0.717) is 12.4 Å². The van der Waals surface area contributed by atoms with Gasteiger partial charge in [0.05, 0.1) is 11.9 Å². The number of para-hydroxylation sites is 1. The molecule has 19 heavy (non-hydrogen) atoms. The minimum atomic E-state index is -2.05. The number of carbonyl (C=O) groups is 1. The second-order valence-corrected chi connectivity index (χ2v) is 6.67. The third-order valence-electron chi connectivity index (χ3n) is 2.60. The van der Waals surface area contributed by atoms with E-state index in [1.807, 2.05) is 38.1 Å². The summed E-state index contributed by atoms with van der Waals surface area (Å²) in [6.07, 6.45) is 0.901. The maximum absolute atomic E-state index is 12.5. The van der Waals surface area contributed by atoms with Crippen LogP contribution in [0.4, 0.5) is 0 Å². The standard InChI is InChI=1S/C14H21O4P/c1-4-9-17-13-7-5-6-8-14(13)19(16)11(2)10-18-12(3)15/h5-8,11,19H,4,9-10H2,1-3H3. The number of ether oxygens (including phenoxy) is 2. The van der Waals surface area contributed by atoms with Crippen LogP contribution in [-0.4, -0.2) is 24.8 Å². The molecular weight excluding hydrogens is 263 g/mol. The molecule has 0 aliphatic carbocycles. The SMILES string of the molecule is CCCOc1ccccc1[PH](=O)C(C)COC(C)=O. The second-order valence-electron chi connectivity index (χ2n) is 4.41. The Morgan fingerprint density at radius 2 is 2.05 bits per heavy atom. The zero-order valence-corrected chi connectivity index (χ0v) is 12.6. The first-order chi connectivity index (χ1) is 9.06. The highest BCUT2D eigenvalue weighted by Gasteiger charge is 2.18. The first-order valence-electron chi connectivity index (χ1n) is 6.45. The summed E-state index contributed by atoms with van der Waals surface area (Å²) in [5.74, 6) is 0.320. The fraction of sp³-hybridized carbons (Fsp3) is 0.500. The number of benzene rings is 1. The average molecular weight is 284 g/mol. The van der Waals surface area contributed by atoms with E-state index in [2.05, 4.69) is 0 Å². The van der Waals surface area contributed by atoms with E-state index in [-0.39, 0.29) is 18.2 Å². The maximum atomic E-state index is 12.5. The van der Waals surface area contributed by atoms with Crippen molar-refractivity contribution in [2.45, 2.75) is 32.9 Å². The molecular formula is C14H21O4P. The Morgan fingerprint density at radius 3 is 2.68 bits per heavy atom. The van der Waals surface area contributed by atoms with Gasteiger partial charge in [-0.3, -0.25) is 4.79 Å². The summed E-state index contributed by atoms with van der Waals surface area (Å²) in [5, 5.41) is 0.723. The Hall–Kier alpha value is -1.28. The van der Waals surface area contributed by atoms with E-state index in [0.717, 1.165) is 11.7 Å². The molecule has 0 bridgehead atoms. The smallest absolute Gasteiger partial charge is 0.302 e. The Labute approximate surface area is 114 Å². The maximum Gasteiger partial charge on any atom is 0.302 e. The summed E-state index contributed by atoms with van der Waals surface area (Å²) in [5.41, 5.74) is -0.194. The summed E-state index contributed by atoms with van der Waals surface area (Å²) in [6, 6.07) is 7.35. The van der Waals surface area contributed by atoms with Crippen molar-refractivity contribution >= 4 is 19.1 Å². The predicted octanol–water partition coefficient (Wildman–Crippen LogP) is 2.61. The van der Waals surface area contributed by atoms with Crippen molar-refractivity contribution in [1.29, 1.82) is 0 Å². The van der Waals surface area contributed by atoms with Crippen LogP contribution in [0.5, 0.6) is 5.75 Å². The van der Waals surface area contributed by atoms with Crippen LogP contribution in [0.3, 0.4) is 0 Å². The number of esters is 1. The van der Waals surface area contributed by atoms with Gasteiger partial charge in [0.2, 0.25) is 0 Å². The lowest BCUT2D eigenvalue weighted by atomic mass is 10.3. The molecule has 1 aromatic rings. The van der Waals surface area contributed by atoms with Crippen molar-refractivity contribution < 1.29 is 18.8 Å². The van der Waals surface area contributed by atoms with Gasteiger partial charge in [0, 0.05) is 12.6 Å². The van der Waals surface area contributed by atoms with E-state index < -0.39 is 7.80 Å².